The first-order valence-electron chi connectivity index (χ1n) is 7.57. The van der Waals surface area contributed by atoms with Gasteiger partial charge in [0.05, 0.1) is 6.61 Å². The second-order valence-corrected chi connectivity index (χ2v) is 6.26. The van der Waals surface area contributed by atoms with E-state index in [1.54, 1.807) is 0 Å². The maximum atomic E-state index is 6.46. The summed E-state index contributed by atoms with van der Waals surface area (Å²) in [7, 11) is 0. The van der Waals surface area contributed by atoms with Gasteiger partial charge in [0.25, 0.3) is 0 Å². The normalized spacial score (nSPS) is 27.7. The molecule has 0 aromatic rings. The van der Waals surface area contributed by atoms with Crippen LogP contribution in [0.3, 0.4) is 0 Å². The molecule has 0 aromatic carbocycles. The average Bonchev–Trinajstić information content (AvgIpc) is 2.33. The van der Waals surface area contributed by atoms with Crippen LogP contribution < -0.4 is 5.73 Å². The van der Waals surface area contributed by atoms with Gasteiger partial charge in [0, 0.05) is 25.7 Å². The van der Waals surface area contributed by atoms with E-state index in [0.29, 0.717) is 17.4 Å². The molecule has 1 fully saturated rings. The van der Waals surface area contributed by atoms with Crippen LogP contribution >= 0.6 is 0 Å². The zero-order valence-corrected chi connectivity index (χ0v) is 12.7. The summed E-state index contributed by atoms with van der Waals surface area (Å²) in [6.07, 6.45) is 3.89. The van der Waals surface area contributed by atoms with Gasteiger partial charge in [0.2, 0.25) is 0 Å². The third-order valence-corrected chi connectivity index (χ3v) is 4.50. The van der Waals surface area contributed by atoms with Gasteiger partial charge < -0.3 is 15.4 Å². The fourth-order valence-corrected chi connectivity index (χ4v) is 3.06. The number of nitrogens with zero attached hydrogens (tertiary/aromatic N) is 1. The quantitative estimate of drug-likeness (QED) is 0.711. The number of likely N-dealkylation sites (N-methyl/N-ethyl adjacent to an activating group) is 1. The van der Waals surface area contributed by atoms with Crippen LogP contribution in [0.15, 0.2) is 0 Å². The fraction of sp³-hybridized carbons (Fsp3) is 1.00. The van der Waals surface area contributed by atoms with Crippen LogP contribution in [-0.4, -0.2) is 43.8 Å². The van der Waals surface area contributed by atoms with Crippen molar-refractivity contribution < 1.29 is 4.74 Å². The van der Waals surface area contributed by atoms with Crippen molar-refractivity contribution in [3.8, 4) is 0 Å². The Morgan fingerprint density at radius 3 is 2.67 bits per heavy atom. The first-order valence-corrected chi connectivity index (χ1v) is 7.57. The van der Waals surface area contributed by atoms with Crippen molar-refractivity contribution in [2.45, 2.75) is 53.0 Å². The Morgan fingerprint density at radius 2 is 2.06 bits per heavy atom. The molecule has 0 amide bonds. The molecule has 3 heteroatoms. The zero-order chi connectivity index (χ0) is 13.6. The van der Waals surface area contributed by atoms with E-state index in [1.807, 2.05) is 0 Å². The van der Waals surface area contributed by atoms with Gasteiger partial charge in [-0.05, 0) is 37.6 Å². The van der Waals surface area contributed by atoms with Crippen molar-refractivity contribution in [2.75, 3.05) is 32.8 Å². The molecule has 3 nitrogen and oxygen atoms in total. The van der Waals surface area contributed by atoms with Crippen molar-refractivity contribution in [1.82, 2.24) is 4.90 Å². The summed E-state index contributed by atoms with van der Waals surface area (Å²) in [4.78, 5) is 2.49. The summed E-state index contributed by atoms with van der Waals surface area (Å²) in [5.41, 5.74) is 6.76. The van der Waals surface area contributed by atoms with E-state index in [1.165, 1.54) is 19.3 Å². The van der Waals surface area contributed by atoms with Crippen molar-refractivity contribution in [3.05, 3.63) is 0 Å². The maximum Gasteiger partial charge on any atom is 0.0593 e. The lowest BCUT2D eigenvalue weighted by Gasteiger charge is -2.43. The average molecular weight is 256 g/mol. The molecule has 1 rings (SSSR count). The van der Waals surface area contributed by atoms with Gasteiger partial charge in [0.1, 0.15) is 0 Å². The topological polar surface area (TPSA) is 38.5 Å². The Labute approximate surface area is 113 Å². The molecule has 0 aromatic heterocycles. The molecule has 18 heavy (non-hydrogen) atoms. The molecule has 108 valence electrons. The van der Waals surface area contributed by atoms with E-state index in [0.717, 1.165) is 32.8 Å². The van der Waals surface area contributed by atoms with E-state index in [4.69, 9.17) is 10.5 Å². The number of nitrogens with two attached hydrogens (primary N) is 1. The smallest absolute Gasteiger partial charge is 0.0593 e. The molecule has 0 bridgehead atoms. The highest BCUT2D eigenvalue weighted by Gasteiger charge is 2.36. The summed E-state index contributed by atoms with van der Waals surface area (Å²) >= 11 is 0. The minimum Gasteiger partial charge on any atom is -0.380 e. The first-order chi connectivity index (χ1) is 8.51. The van der Waals surface area contributed by atoms with Crippen LogP contribution in [0.2, 0.25) is 0 Å². The van der Waals surface area contributed by atoms with Gasteiger partial charge in [-0.1, -0.05) is 27.2 Å². The van der Waals surface area contributed by atoms with Crippen molar-refractivity contribution in [1.29, 1.82) is 0 Å². The monoisotopic (exact) mass is 256 g/mol. The lowest BCUT2D eigenvalue weighted by atomic mass is 9.68. The molecular formula is C15H32N2O. The molecule has 0 heterocycles. The first kappa shape index (κ1) is 15.9. The highest BCUT2D eigenvalue weighted by Crippen LogP contribution is 2.37. The van der Waals surface area contributed by atoms with Crippen molar-refractivity contribution in [2.24, 2.45) is 17.1 Å². The molecule has 1 aliphatic carbocycles. The molecule has 2 N–H and O–H groups in total. The Hall–Kier alpha value is -0.120. The van der Waals surface area contributed by atoms with E-state index in [9.17, 15) is 0 Å². The predicted octanol–water partition coefficient (Wildman–Crippen LogP) is 2.50. The number of ether oxygens (including phenoxy) is 1. The number of rotatable bonds is 7. The van der Waals surface area contributed by atoms with Crippen molar-refractivity contribution >= 4 is 0 Å². The number of hydrogen-bond acceptors (Lipinski definition) is 3. The predicted molar refractivity (Wildman–Crippen MR) is 77.7 cm³/mol. The van der Waals surface area contributed by atoms with E-state index in [2.05, 4.69) is 32.6 Å². The van der Waals surface area contributed by atoms with Crippen LogP contribution in [0.5, 0.6) is 0 Å². The molecule has 0 aliphatic heterocycles. The second-order valence-electron chi connectivity index (χ2n) is 6.26. The molecular weight excluding hydrogens is 224 g/mol. The van der Waals surface area contributed by atoms with Crippen LogP contribution in [0.25, 0.3) is 0 Å². The van der Waals surface area contributed by atoms with Gasteiger partial charge in [-0.3, -0.25) is 0 Å². The van der Waals surface area contributed by atoms with E-state index >= 15 is 0 Å². The SMILES string of the molecule is CCOCCN(CC)CC1CCCC(C)(C)C1N. The van der Waals surface area contributed by atoms with Crippen LogP contribution in [-0.2, 0) is 4.74 Å². The van der Waals surface area contributed by atoms with Gasteiger partial charge in [-0.2, -0.15) is 0 Å². The van der Waals surface area contributed by atoms with Crippen molar-refractivity contribution in [3.63, 3.8) is 0 Å². The number of hydrogen-bond donors (Lipinski definition) is 1. The largest absolute Gasteiger partial charge is 0.380 e. The molecule has 1 aliphatic rings. The lowest BCUT2D eigenvalue weighted by molar-refractivity contribution is 0.0779. The highest BCUT2D eigenvalue weighted by molar-refractivity contribution is 4.92. The zero-order valence-electron chi connectivity index (χ0n) is 12.7. The minimum absolute atomic E-state index is 0.308. The van der Waals surface area contributed by atoms with Gasteiger partial charge in [-0.25, -0.2) is 0 Å². The molecule has 2 atom stereocenters. The van der Waals surface area contributed by atoms with E-state index < -0.39 is 0 Å². The third kappa shape index (κ3) is 4.52. The Morgan fingerprint density at radius 1 is 1.33 bits per heavy atom. The Kier molecular flexibility index (Phi) is 6.61. The minimum atomic E-state index is 0.308. The van der Waals surface area contributed by atoms with Gasteiger partial charge >= 0.3 is 0 Å². The van der Waals surface area contributed by atoms with Crippen LogP contribution in [0, 0.1) is 11.3 Å². The fourth-order valence-electron chi connectivity index (χ4n) is 3.06. The highest BCUT2D eigenvalue weighted by atomic mass is 16.5. The summed E-state index contributed by atoms with van der Waals surface area (Å²) in [5.74, 6) is 0.648. The summed E-state index contributed by atoms with van der Waals surface area (Å²) in [5, 5.41) is 0. The Balaban J connectivity index is 2.43. The third-order valence-electron chi connectivity index (χ3n) is 4.50. The van der Waals surface area contributed by atoms with Crippen LogP contribution in [0.4, 0.5) is 0 Å². The summed E-state index contributed by atoms with van der Waals surface area (Å²) in [6.45, 7) is 13.8. The molecule has 0 radical (unpaired) electrons. The second kappa shape index (κ2) is 7.46. The maximum absolute atomic E-state index is 6.46. The molecule has 2 unspecified atom stereocenters. The lowest BCUT2D eigenvalue weighted by Crippen LogP contribution is -2.50. The Bertz CT molecular complexity index is 231. The standard InChI is InChI=1S/C15H32N2O/c1-5-17(10-11-18-6-2)12-13-8-7-9-15(3,4)14(13)16/h13-14H,5-12,16H2,1-4H3. The van der Waals surface area contributed by atoms with Gasteiger partial charge in [0.15, 0.2) is 0 Å². The molecule has 0 spiro atoms. The summed E-state index contributed by atoms with van der Waals surface area (Å²) < 4.78 is 5.45. The van der Waals surface area contributed by atoms with E-state index in [-0.39, 0.29) is 0 Å². The van der Waals surface area contributed by atoms with Gasteiger partial charge in [-0.15, -0.1) is 0 Å². The molecule has 0 saturated heterocycles. The molecule has 1 saturated carbocycles. The summed E-state index contributed by atoms with van der Waals surface area (Å²) in [6, 6.07) is 0.340. The van der Waals surface area contributed by atoms with Crippen LogP contribution in [0.1, 0.15) is 47.0 Å².